The van der Waals surface area contributed by atoms with Crippen molar-refractivity contribution in [2.24, 2.45) is 5.41 Å². The lowest BCUT2D eigenvalue weighted by Crippen LogP contribution is -2.17. The molecule has 0 unspecified atom stereocenters. The van der Waals surface area contributed by atoms with Gasteiger partial charge in [-0.2, -0.15) is 0 Å². The molecule has 1 heterocycles. The van der Waals surface area contributed by atoms with Crippen LogP contribution in [-0.2, 0) is 4.74 Å². The number of aliphatic hydroxyl groups excluding tert-OH is 1. The van der Waals surface area contributed by atoms with Crippen LogP contribution in [0.15, 0.2) is 23.8 Å². The lowest BCUT2D eigenvalue weighted by Gasteiger charge is -2.20. The lowest BCUT2D eigenvalue weighted by atomic mass is 9.84. The number of hydrogen-bond donors (Lipinski definition) is 1. The van der Waals surface area contributed by atoms with Crippen LogP contribution in [0.4, 0.5) is 0 Å². The van der Waals surface area contributed by atoms with Gasteiger partial charge in [0.15, 0.2) is 0 Å². The average Bonchev–Trinajstić information content (AvgIpc) is 2.83. The first-order valence-electron chi connectivity index (χ1n) is 6.54. The molecule has 1 N–H and O–H groups in total. The predicted octanol–water partition coefficient (Wildman–Crippen LogP) is 3.22. The van der Waals surface area contributed by atoms with Crippen molar-refractivity contribution in [2.45, 2.75) is 64.8 Å². The first-order chi connectivity index (χ1) is 7.82. The van der Waals surface area contributed by atoms with Crippen molar-refractivity contribution >= 4 is 0 Å². The van der Waals surface area contributed by atoms with Gasteiger partial charge in [-0.05, 0) is 44.1 Å². The molecule has 0 aromatic heterocycles. The summed E-state index contributed by atoms with van der Waals surface area (Å²) in [7, 11) is 0. The van der Waals surface area contributed by atoms with Crippen molar-refractivity contribution in [2.75, 3.05) is 0 Å². The van der Waals surface area contributed by atoms with E-state index in [9.17, 15) is 5.11 Å². The van der Waals surface area contributed by atoms with Gasteiger partial charge in [0.25, 0.3) is 0 Å². The number of rotatable bonds is 0. The number of ether oxygens (including phenoxy) is 1. The van der Waals surface area contributed by atoms with Gasteiger partial charge in [0, 0.05) is 0 Å². The van der Waals surface area contributed by atoms with E-state index in [-0.39, 0.29) is 11.0 Å². The fourth-order valence-electron chi connectivity index (χ4n) is 2.52. The molecule has 3 atom stereocenters. The topological polar surface area (TPSA) is 32.8 Å². The van der Waals surface area contributed by atoms with Crippen LogP contribution in [-0.4, -0.2) is 22.9 Å². The normalized spacial score (nSPS) is 41.1. The molecule has 1 aliphatic heterocycles. The van der Waals surface area contributed by atoms with Crippen molar-refractivity contribution in [3.63, 3.8) is 0 Å². The quantitative estimate of drug-likeness (QED) is 0.517. The molecule has 0 aromatic rings. The maximum absolute atomic E-state index is 9.98. The van der Waals surface area contributed by atoms with Gasteiger partial charge in [-0.3, -0.25) is 0 Å². The third-order valence-corrected chi connectivity index (χ3v) is 4.05. The minimum absolute atomic E-state index is 0.0666. The zero-order chi connectivity index (χ0) is 12.7. The Hall–Kier alpha value is -0.600. The maximum Gasteiger partial charge on any atom is 0.0929 e. The summed E-state index contributed by atoms with van der Waals surface area (Å²) in [6.07, 6.45) is 9.20. The Morgan fingerprint density at radius 3 is 2.76 bits per heavy atom. The largest absolute Gasteiger partial charge is 0.385 e. The van der Waals surface area contributed by atoms with Crippen LogP contribution in [0.1, 0.15) is 47.0 Å². The number of hydrogen-bond acceptors (Lipinski definition) is 2. The number of epoxide rings is 1. The van der Waals surface area contributed by atoms with E-state index in [1.54, 1.807) is 0 Å². The maximum atomic E-state index is 9.98. The molecular weight excluding hydrogens is 212 g/mol. The van der Waals surface area contributed by atoms with Crippen LogP contribution < -0.4 is 0 Å². The number of allylic oxidation sites excluding steroid dienone is 2. The van der Waals surface area contributed by atoms with Gasteiger partial charge in [0.05, 0.1) is 17.8 Å². The number of aliphatic hydroxyl groups is 1. The molecule has 2 rings (SSSR count). The average molecular weight is 236 g/mol. The van der Waals surface area contributed by atoms with E-state index in [0.29, 0.717) is 6.10 Å². The molecule has 0 saturated carbocycles. The Kier molecular flexibility index (Phi) is 3.21. The van der Waals surface area contributed by atoms with E-state index < -0.39 is 6.10 Å². The SMILES string of the molecule is CC1=CCC[C@]2(C)O[C@H]2CC(C)(C)C=C[C@H]1O. The molecule has 2 nitrogen and oxygen atoms in total. The highest BCUT2D eigenvalue weighted by Crippen LogP contribution is 2.46. The Labute approximate surface area is 104 Å². The fraction of sp³-hybridized carbons (Fsp3) is 0.733. The standard InChI is InChI=1S/C15H24O2/c1-11-6-5-8-15(4)13(17-15)10-14(2,3)9-7-12(11)16/h6-7,9,12-13,16H,5,8,10H2,1-4H3/t12-,13+,15+/m1/s1. The zero-order valence-electron chi connectivity index (χ0n) is 11.4. The summed E-state index contributed by atoms with van der Waals surface area (Å²) in [6.45, 7) is 8.60. The fourth-order valence-corrected chi connectivity index (χ4v) is 2.52. The summed E-state index contributed by atoms with van der Waals surface area (Å²) in [4.78, 5) is 0. The first-order valence-corrected chi connectivity index (χ1v) is 6.54. The summed E-state index contributed by atoms with van der Waals surface area (Å²) in [5, 5.41) is 9.98. The Morgan fingerprint density at radius 1 is 1.35 bits per heavy atom. The van der Waals surface area contributed by atoms with Gasteiger partial charge < -0.3 is 9.84 Å². The lowest BCUT2D eigenvalue weighted by molar-refractivity contribution is 0.252. The zero-order valence-corrected chi connectivity index (χ0v) is 11.4. The van der Waals surface area contributed by atoms with E-state index in [0.717, 1.165) is 24.8 Å². The Morgan fingerprint density at radius 2 is 2.06 bits per heavy atom. The Bertz CT molecular complexity index is 354. The highest BCUT2D eigenvalue weighted by molar-refractivity contribution is 5.17. The van der Waals surface area contributed by atoms with Crippen molar-refractivity contribution in [1.82, 2.24) is 0 Å². The molecule has 96 valence electrons. The monoisotopic (exact) mass is 236 g/mol. The van der Waals surface area contributed by atoms with E-state index in [4.69, 9.17) is 4.74 Å². The van der Waals surface area contributed by atoms with Crippen molar-refractivity contribution < 1.29 is 9.84 Å². The highest BCUT2D eigenvalue weighted by Gasteiger charge is 2.52. The van der Waals surface area contributed by atoms with Crippen LogP contribution in [0.2, 0.25) is 0 Å². The molecule has 0 radical (unpaired) electrons. The van der Waals surface area contributed by atoms with Crippen LogP contribution in [0.3, 0.4) is 0 Å². The van der Waals surface area contributed by atoms with Crippen molar-refractivity contribution in [1.29, 1.82) is 0 Å². The second-order valence-electron chi connectivity index (χ2n) is 6.40. The predicted molar refractivity (Wildman–Crippen MR) is 69.8 cm³/mol. The van der Waals surface area contributed by atoms with Gasteiger partial charge in [-0.1, -0.05) is 32.1 Å². The first kappa shape index (κ1) is 12.8. The summed E-state index contributed by atoms with van der Waals surface area (Å²) < 4.78 is 5.85. The van der Waals surface area contributed by atoms with Crippen LogP contribution >= 0.6 is 0 Å². The van der Waals surface area contributed by atoms with Gasteiger partial charge in [-0.15, -0.1) is 0 Å². The summed E-state index contributed by atoms with van der Waals surface area (Å²) in [5.74, 6) is 0. The molecule has 1 saturated heterocycles. The molecule has 1 fully saturated rings. The van der Waals surface area contributed by atoms with Crippen LogP contribution in [0.5, 0.6) is 0 Å². The molecular formula is C15H24O2. The van der Waals surface area contributed by atoms with E-state index >= 15 is 0 Å². The smallest absolute Gasteiger partial charge is 0.0929 e. The third kappa shape index (κ3) is 2.99. The molecule has 1 aliphatic carbocycles. The number of fused-ring (bicyclic) bond motifs is 1. The van der Waals surface area contributed by atoms with E-state index in [2.05, 4.69) is 32.9 Å². The second-order valence-corrected chi connectivity index (χ2v) is 6.40. The van der Waals surface area contributed by atoms with Gasteiger partial charge in [0.2, 0.25) is 0 Å². The minimum Gasteiger partial charge on any atom is -0.385 e. The molecule has 2 aliphatic rings. The van der Waals surface area contributed by atoms with E-state index in [1.807, 2.05) is 13.0 Å². The molecule has 0 spiro atoms. The van der Waals surface area contributed by atoms with Crippen molar-refractivity contribution in [3.05, 3.63) is 23.8 Å². The highest BCUT2D eigenvalue weighted by atomic mass is 16.6. The van der Waals surface area contributed by atoms with Crippen LogP contribution in [0, 0.1) is 5.41 Å². The molecule has 0 bridgehead atoms. The molecule has 2 heteroatoms. The molecule has 17 heavy (non-hydrogen) atoms. The minimum atomic E-state index is -0.433. The molecule has 0 aromatic carbocycles. The third-order valence-electron chi connectivity index (χ3n) is 4.05. The Balaban J connectivity index is 2.18. The van der Waals surface area contributed by atoms with E-state index in [1.165, 1.54) is 0 Å². The van der Waals surface area contributed by atoms with Gasteiger partial charge in [-0.25, -0.2) is 0 Å². The summed E-state index contributed by atoms with van der Waals surface area (Å²) >= 11 is 0. The van der Waals surface area contributed by atoms with Gasteiger partial charge >= 0.3 is 0 Å². The van der Waals surface area contributed by atoms with Crippen LogP contribution in [0.25, 0.3) is 0 Å². The second kappa shape index (κ2) is 4.25. The summed E-state index contributed by atoms with van der Waals surface area (Å²) in [5.41, 5.74) is 1.20. The van der Waals surface area contributed by atoms with Crippen molar-refractivity contribution in [3.8, 4) is 0 Å². The summed E-state index contributed by atoms with van der Waals surface area (Å²) in [6, 6.07) is 0. The molecule has 0 amide bonds. The van der Waals surface area contributed by atoms with Gasteiger partial charge in [0.1, 0.15) is 0 Å².